The van der Waals surface area contributed by atoms with Gasteiger partial charge in [-0.1, -0.05) is 47.6 Å². The van der Waals surface area contributed by atoms with Crippen LogP contribution in [0.25, 0.3) is 16.7 Å². The normalized spacial score (nSPS) is 12.2. The van der Waals surface area contributed by atoms with Crippen LogP contribution in [0.3, 0.4) is 0 Å². The van der Waals surface area contributed by atoms with Gasteiger partial charge in [0.1, 0.15) is 0 Å². The minimum absolute atomic E-state index is 0.159. The molecule has 30 heavy (non-hydrogen) atoms. The Balaban J connectivity index is 1.72. The average molecular weight is 440 g/mol. The van der Waals surface area contributed by atoms with E-state index in [1.165, 1.54) is 16.3 Å². The van der Waals surface area contributed by atoms with Crippen LogP contribution in [-0.2, 0) is 11.3 Å². The van der Waals surface area contributed by atoms with E-state index < -0.39 is 5.25 Å². The van der Waals surface area contributed by atoms with Gasteiger partial charge >= 0.3 is 0 Å². The number of rotatable bonds is 6. The van der Waals surface area contributed by atoms with Crippen molar-refractivity contribution < 1.29 is 4.79 Å². The number of aromatic nitrogens is 4. The van der Waals surface area contributed by atoms with E-state index in [0.717, 1.165) is 0 Å². The molecular weight excluding hydrogens is 422 g/mol. The van der Waals surface area contributed by atoms with E-state index >= 15 is 0 Å². The Hall–Kier alpha value is -3.10. The summed E-state index contributed by atoms with van der Waals surface area (Å²) >= 11 is 7.25. The molecule has 2 heterocycles. The molecule has 4 rings (SSSR count). The van der Waals surface area contributed by atoms with Crippen LogP contribution >= 0.6 is 23.4 Å². The van der Waals surface area contributed by atoms with E-state index in [1.807, 2.05) is 18.2 Å². The van der Waals surface area contributed by atoms with E-state index in [-0.39, 0.29) is 11.5 Å². The molecule has 2 aromatic heterocycles. The van der Waals surface area contributed by atoms with Gasteiger partial charge in [0.2, 0.25) is 11.7 Å². The SMILES string of the molecule is C=CCn1c(=O)c2ccccc2n2c(S[C@H](C)C(=O)Nc3cccc(Cl)c3)nnc12. The van der Waals surface area contributed by atoms with Crippen molar-refractivity contribution in [1.29, 1.82) is 0 Å². The number of thioether (sulfide) groups is 1. The van der Waals surface area contributed by atoms with Gasteiger partial charge in [-0.15, -0.1) is 16.8 Å². The summed E-state index contributed by atoms with van der Waals surface area (Å²) in [6, 6.07) is 14.2. The first kappa shape index (κ1) is 20.2. The number of benzene rings is 2. The summed E-state index contributed by atoms with van der Waals surface area (Å²) in [7, 11) is 0. The van der Waals surface area contributed by atoms with Crippen molar-refractivity contribution in [2.24, 2.45) is 0 Å². The van der Waals surface area contributed by atoms with E-state index in [2.05, 4.69) is 22.1 Å². The minimum Gasteiger partial charge on any atom is -0.325 e. The summed E-state index contributed by atoms with van der Waals surface area (Å²) in [4.78, 5) is 25.5. The lowest BCUT2D eigenvalue weighted by Gasteiger charge is -2.13. The van der Waals surface area contributed by atoms with Crippen molar-refractivity contribution in [3.8, 4) is 0 Å². The van der Waals surface area contributed by atoms with Gasteiger partial charge in [-0.25, -0.2) is 0 Å². The average Bonchev–Trinajstić information content (AvgIpc) is 3.14. The standard InChI is InChI=1S/C21H18ClN5O2S/c1-3-11-26-19(29)16-9-4-5-10-17(16)27-20(26)24-25-21(27)30-13(2)18(28)23-15-8-6-7-14(22)12-15/h3-10,12-13H,1,11H2,2H3,(H,23,28)/t13-/m1/s1. The second-order valence-corrected chi connectivity index (χ2v) is 8.34. The largest absolute Gasteiger partial charge is 0.325 e. The predicted molar refractivity (Wildman–Crippen MR) is 120 cm³/mol. The molecule has 1 atom stereocenters. The third-order valence-corrected chi connectivity index (χ3v) is 5.81. The van der Waals surface area contributed by atoms with Crippen LogP contribution < -0.4 is 10.9 Å². The van der Waals surface area contributed by atoms with Crippen molar-refractivity contribution in [1.82, 2.24) is 19.2 Å². The van der Waals surface area contributed by atoms with Gasteiger partial charge in [0, 0.05) is 17.3 Å². The van der Waals surface area contributed by atoms with Gasteiger partial charge in [-0.3, -0.25) is 18.6 Å². The fraction of sp³-hybridized carbons (Fsp3) is 0.143. The van der Waals surface area contributed by atoms with Crippen LogP contribution in [0.4, 0.5) is 5.69 Å². The van der Waals surface area contributed by atoms with E-state index in [1.54, 1.807) is 47.7 Å². The molecule has 0 aliphatic carbocycles. The van der Waals surface area contributed by atoms with Crippen LogP contribution in [0.15, 0.2) is 71.1 Å². The summed E-state index contributed by atoms with van der Waals surface area (Å²) in [6.45, 7) is 5.82. The van der Waals surface area contributed by atoms with Crippen LogP contribution in [0.2, 0.25) is 5.02 Å². The Labute approximate surface area is 181 Å². The van der Waals surface area contributed by atoms with Crippen molar-refractivity contribution in [2.75, 3.05) is 5.32 Å². The topological polar surface area (TPSA) is 81.3 Å². The molecule has 9 heteroatoms. The third-order valence-electron chi connectivity index (χ3n) is 4.53. The third kappa shape index (κ3) is 3.71. The lowest BCUT2D eigenvalue weighted by atomic mass is 10.2. The number of nitrogens with one attached hydrogen (secondary N) is 1. The smallest absolute Gasteiger partial charge is 0.263 e. The molecule has 1 N–H and O–H groups in total. The number of para-hydroxylation sites is 1. The lowest BCUT2D eigenvalue weighted by molar-refractivity contribution is -0.115. The number of hydrogen-bond acceptors (Lipinski definition) is 5. The van der Waals surface area contributed by atoms with E-state index in [9.17, 15) is 9.59 Å². The van der Waals surface area contributed by atoms with Crippen molar-refractivity contribution in [3.63, 3.8) is 0 Å². The number of carbonyl (C=O) groups excluding carboxylic acids is 1. The molecule has 0 spiro atoms. The lowest BCUT2D eigenvalue weighted by Crippen LogP contribution is -2.24. The Morgan fingerprint density at radius 1 is 1.27 bits per heavy atom. The number of carbonyl (C=O) groups is 1. The Morgan fingerprint density at radius 3 is 2.83 bits per heavy atom. The molecule has 0 radical (unpaired) electrons. The molecule has 4 aromatic rings. The molecule has 2 aromatic carbocycles. The molecule has 152 valence electrons. The first-order valence-electron chi connectivity index (χ1n) is 9.20. The zero-order chi connectivity index (χ0) is 21.3. The van der Waals surface area contributed by atoms with Gasteiger partial charge in [0.25, 0.3) is 5.56 Å². The van der Waals surface area contributed by atoms with Gasteiger partial charge in [-0.2, -0.15) is 0 Å². The van der Waals surface area contributed by atoms with Gasteiger partial charge < -0.3 is 5.32 Å². The highest BCUT2D eigenvalue weighted by molar-refractivity contribution is 8.00. The van der Waals surface area contributed by atoms with Crippen LogP contribution in [0, 0.1) is 0 Å². The van der Waals surface area contributed by atoms with Crippen LogP contribution in [0.5, 0.6) is 0 Å². The fourth-order valence-corrected chi connectivity index (χ4v) is 4.17. The number of anilines is 1. The van der Waals surface area contributed by atoms with Crippen LogP contribution in [-0.4, -0.2) is 30.3 Å². The summed E-state index contributed by atoms with van der Waals surface area (Å²) in [5.41, 5.74) is 1.15. The molecular formula is C21H18ClN5O2S. The number of halogens is 1. The summed E-state index contributed by atoms with van der Waals surface area (Å²) in [5, 5.41) is 12.5. The summed E-state index contributed by atoms with van der Waals surface area (Å²) in [5.74, 6) is 0.214. The second kappa shape index (κ2) is 8.33. The molecule has 0 aliphatic rings. The van der Waals surface area contributed by atoms with E-state index in [0.29, 0.717) is 39.1 Å². The molecule has 0 unspecified atom stereocenters. The van der Waals surface area contributed by atoms with Crippen molar-refractivity contribution in [2.45, 2.75) is 23.9 Å². The Kier molecular flexibility index (Phi) is 5.61. The molecule has 7 nitrogen and oxygen atoms in total. The maximum absolute atomic E-state index is 12.9. The van der Waals surface area contributed by atoms with Gasteiger partial charge in [0.05, 0.1) is 16.2 Å². The first-order chi connectivity index (χ1) is 14.5. The highest BCUT2D eigenvalue weighted by atomic mass is 35.5. The maximum Gasteiger partial charge on any atom is 0.263 e. The van der Waals surface area contributed by atoms with Crippen molar-refractivity contribution in [3.05, 3.63) is 76.6 Å². The van der Waals surface area contributed by atoms with Gasteiger partial charge in [-0.05, 0) is 37.3 Å². The zero-order valence-corrected chi connectivity index (χ0v) is 17.7. The maximum atomic E-state index is 12.9. The molecule has 0 aliphatic heterocycles. The highest BCUT2D eigenvalue weighted by Gasteiger charge is 2.21. The Morgan fingerprint density at radius 2 is 2.07 bits per heavy atom. The first-order valence-corrected chi connectivity index (χ1v) is 10.5. The number of fused-ring (bicyclic) bond motifs is 3. The molecule has 0 saturated carbocycles. The molecule has 0 fully saturated rings. The summed E-state index contributed by atoms with van der Waals surface area (Å²) < 4.78 is 3.32. The van der Waals surface area contributed by atoms with E-state index in [4.69, 9.17) is 11.6 Å². The number of hydrogen-bond donors (Lipinski definition) is 1. The second-order valence-electron chi connectivity index (χ2n) is 6.60. The fourth-order valence-electron chi connectivity index (χ4n) is 3.13. The quantitative estimate of drug-likeness (QED) is 0.362. The predicted octanol–water partition coefficient (Wildman–Crippen LogP) is 4.00. The monoisotopic (exact) mass is 439 g/mol. The Bertz CT molecular complexity index is 1330. The minimum atomic E-state index is -0.463. The number of allylic oxidation sites excluding steroid dienone is 1. The van der Waals surface area contributed by atoms with Crippen molar-refractivity contribution >= 4 is 51.6 Å². The molecule has 0 saturated heterocycles. The number of nitrogens with zero attached hydrogens (tertiary/aromatic N) is 4. The van der Waals surface area contributed by atoms with Crippen LogP contribution in [0.1, 0.15) is 6.92 Å². The number of amides is 1. The highest BCUT2D eigenvalue weighted by Crippen LogP contribution is 2.26. The summed E-state index contributed by atoms with van der Waals surface area (Å²) in [6.07, 6.45) is 1.64. The molecule has 1 amide bonds. The van der Waals surface area contributed by atoms with Gasteiger partial charge in [0.15, 0.2) is 5.16 Å². The molecule has 0 bridgehead atoms. The zero-order valence-electron chi connectivity index (χ0n) is 16.1.